The number of nitrogens with one attached hydrogen (secondary N) is 1. The molecule has 0 saturated carbocycles. The highest BCUT2D eigenvalue weighted by atomic mass is 32.1. The number of para-hydroxylation sites is 1. The van der Waals surface area contributed by atoms with Crippen molar-refractivity contribution in [3.63, 3.8) is 0 Å². The van der Waals surface area contributed by atoms with Crippen LogP contribution in [-0.2, 0) is 9.53 Å². The Labute approximate surface area is 177 Å². The van der Waals surface area contributed by atoms with Crippen LogP contribution < -0.4 is 4.90 Å². The predicted octanol–water partition coefficient (Wildman–Crippen LogP) is 1.89. The molecule has 30 heavy (non-hydrogen) atoms. The van der Waals surface area contributed by atoms with Gasteiger partial charge in [-0.25, -0.2) is 5.10 Å². The van der Waals surface area contributed by atoms with E-state index in [-0.39, 0.29) is 5.91 Å². The molecule has 1 amide bonds. The number of carbonyl (C=O) groups is 1. The summed E-state index contributed by atoms with van der Waals surface area (Å²) in [5.41, 5.74) is 2.75. The number of rotatable bonds is 4. The zero-order chi connectivity index (χ0) is 20.5. The summed E-state index contributed by atoms with van der Waals surface area (Å²) in [6.07, 6.45) is 3.34. The molecule has 0 atom stereocenters. The first-order valence-electron chi connectivity index (χ1n) is 9.60. The van der Waals surface area contributed by atoms with Gasteiger partial charge in [0.25, 0.3) is 5.91 Å². The van der Waals surface area contributed by atoms with Crippen LogP contribution in [0.3, 0.4) is 0 Å². The second-order valence-corrected chi connectivity index (χ2v) is 7.36. The third kappa shape index (κ3) is 3.34. The maximum atomic E-state index is 13.4. The molecule has 0 spiro atoms. The van der Waals surface area contributed by atoms with Crippen LogP contribution in [0.2, 0.25) is 0 Å². The van der Waals surface area contributed by atoms with E-state index < -0.39 is 0 Å². The van der Waals surface area contributed by atoms with E-state index in [9.17, 15) is 4.79 Å². The fraction of sp³-hybridized carbons (Fsp3) is 0.250. The predicted molar refractivity (Wildman–Crippen MR) is 114 cm³/mol. The van der Waals surface area contributed by atoms with E-state index in [0.717, 1.165) is 29.9 Å². The zero-order valence-corrected chi connectivity index (χ0v) is 16.9. The topological polar surface area (TPSA) is 91.6 Å². The van der Waals surface area contributed by atoms with E-state index in [2.05, 4.69) is 25.2 Å². The van der Waals surface area contributed by atoms with Crippen LogP contribution in [0.4, 0.5) is 5.69 Å². The number of fused-ring (bicyclic) bond motifs is 1. The van der Waals surface area contributed by atoms with Gasteiger partial charge in [0, 0.05) is 36.6 Å². The highest BCUT2D eigenvalue weighted by Gasteiger charge is 2.35. The minimum Gasteiger partial charge on any atom is -0.379 e. The highest BCUT2D eigenvalue weighted by Crippen LogP contribution is 2.30. The Morgan fingerprint density at radius 1 is 1.13 bits per heavy atom. The molecule has 1 aromatic carbocycles. The van der Waals surface area contributed by atoms with E-state index in [0.29, 0.717) is 36.2 Å². The molecule has 1 fully saturated rings. The number of hydrogen-bond acceptors (Lipinski definition) is 7. The Hall–Kier alpha value is -3.21. The van der Waals surface area contributed by atoms with Crippen molar-refractivity contribution in [1.29, 1.82) is 0 Å². The molecule has 2 aliphatic rings. The molecule has 5 rings (SSSR count). The van der Waals surface area contributed by atoms with Gasteiger partial charge in [-0.15, -0.1) is 0 Å². The summed E-state index contributed by atoms with van der Waals surface area (Å²) < 4.78 is 7.23. The summed E-state index contributed by atoms with van der Waals surface area (Å²) in [7, 11) is 0. The number of hydrogen-bond donors (Lipinski definition) is 1. The number of carbonyl (C=O) groups excluding carboxylic acids is 1. The molecule has 0 bridgehead atoms. The monoisotopic (exact) mass is 421 g/mol. The summed E-state index contributed by atoms with van der Waals surface area (Å²) in [6, 6.07) is 11.3. The Kier molecular flexibility index (Phi) is 4.95. The number of aromatic nitrogens is 4. The molecule has 10 heteroatoms. The Bertz CT molecular complexity index is 1170. The smallest absolute Gasteiger partial charge is 0.280 e. The van der Waals surface area contributed by atoms with E-state index in [4.69, 9.17) is 17.0 Å². The Morgan fingerprint density at radius 3 is 2.70 bits per heavy atom. The van der Waals surface area contributed by atoms with Gasteiger partial charge in [0.05, 0.1) is 25.6 Å². The number of anilines is 1. The van der Waals surface area contributed by atoms with Crippen LogP contribution in [-0.4, -0.2) is 69.3 Å². The Morgan fingerprint density at radius 2 is 1.90 bits per heavy atom. The standard InChI is InChI=1S/C20H19N7O2S/c28-19-17(24-27-18(22-23-20(27)30)14-5-7-21-8-6-14)15-3-1-2-4-16(15)26(19)13-25-9-11-29-12-10-25/h1-8H,9-13H2,(H,23,30)/b24-17+. The van der Waals surface area contributed by atoms with Crippen molar-refractivity contribution in [3.8, 4) is 11.4 Å². The van der Waals surface area contributed by atoms with E-state index in [1.54, 1.807) is 17.3 Å². The summed E-state index contributed by atoms with van der Waals surface area (Å²) >= 11 is 5.38. The van der Waals surface area contributed by atoms with Gasteiger partial charge in [-0.05, 0) is 30.4 Å². The fourth-order valence-corrected chi connectivity index (χ4v) is 3.79. The summed E-state index contributed by atoms with van der Waals surface area (Å²) in [5.74, 6) is 0.360. The van der Waals surface area contributed by atoms with Crippen molar-refractivity contribution in [2.24, 2.45) is 5.10 Å². The average molecular weight is 421 g/mol. The number of H-pyrrole nitrogens is 1. The molecule has 1 saturated heterocycles. The average Bonchev–Trinajstić information content (AvgIpc) is 3.28. The summed E-state index contributed by atoms with van der Waals surface area (Å²) in [6.45, 7) is 3.41. The van der Waals surface area contributed by atoms with Crippen molar-refractivity contribution in [2.45, 2.75) is 0 Å². The van der Waals surface area contributed by atoms with Crippen LogP contribution in [0.1, 0.15) is 5.56 Å². The van der Waals surface area contributed by atoms with Gasteiger partial charge in [0.2, 0.25) is 4.77 Å². The molecule has 3 aromatic rings. The lowest BCUT2D eigenvalue weighted by atomic mass is 10.1. The van der Waals surface area contributed by atoms with Crippen LogP contribution in [0, 0.1) is 4.77 Å². The first-order chi connectivity index (χ1) is 14.7. The largest absolute Gasteiger partial charge is 0.379 e. The summed E-state index contributed by atoms with van der Waals surface area (Å²) in [4.78, 5) is 21.4. The molecular formula is C20H19N7O2S. The van der Waals surface area contributed by atoms with E-state index in [1.165, 1.54) is 4.68 Å². The molecular weight excluding hydrogens is 402 g/mol. The first kappa shape index (κ1) is 18.8. The molecule has 2 aliphatic heterocycles. The quantitative estimate of drug-likeness (QED) is 0.647. The third-order valence-electron chi connectivity index (χ3n) is 5.13. The van der Waals surface area contributed by atoms with Gasteiger partial charge in [0.1, 0.15) is 0 Å². The van der Waals surface area contributed by atoms with E-state index >= 15 is 0 Å². The van der Waals surface area contributed by atoms with Crippen molar-refractivity contribution >= 4 is 29.5 Å². The van der Waals surface area contributed by atoms with Crippen LogP contribution >= 0.6 is 12.2 Å². The third-order valence-corrected chi connectivity index (χ3v) is 5.40. The molecule has 152 valence electrons. The number of amides is 1. The van der Waals surface area contributed by atoms with Gasteiger partial charge >= 0.3 is 0 Å². The number of nitrogens with zero attached hydrogens (tertiary/aromatic N) is 6. The normalized spacial score (nSPS) is 18.2. The van der Waals surface area contributed by atoms with Gasteiger partial charge in [-0.3, -0.25) is 19.6 Å². The molecule has 9 nitrogen and oxygen atoms in total. The zero-order valence-electron chi connectivity index (χ0n) is 16.1. The van der Waals surface area contributed by atoms with Crippen molar-refractivity contribution in [1.82, 2.24) is 24.8 Å². The molecule has 1 N–H and O–H groups in total. The second-order valence-electron chi connectivity index (χ2n) is 6.97. The highest BCUT2D eigenvalue weighted by molar-refractivity contribution is 7.71. The minimum absolute atomic E-state index is 0.161. The number of ether oxygens (including phenoxy) is 1. The van der Waals surface area contributed by atoms with Gasteiger partial charge in [-0.2, -0.15) is 14.9 Å². The van der Waals surface area contributed by atoms with Crippen molar-refractivity contribution in [3.05, 3.63) is 59.1 Å². The second kappa shape index (κ2) is 7.90. The SMILES string of the molecule is O=C1/C(=N/n2c(-c3ccncc3)n[nH]c2=S)c2ccccc2N1CN1CCOCC1. The lowest BCUT2D eigenvalue weighted by Gasteiger charge is -2.30. The van der Waals surface area contributed by atoms with Crippen molar-refractivity contribution < 1.29 is 9.53 Å². The number of aromatic amines is 1. The molecule has 0 radical (unpaired) electrons. The summed E-state index contributed by atoms with van der Waals surface area (Å²) in [5, 5.41) is 11.7. The van der Waals surface area contributed by atoms with Crippen LogP contribution in [0.25, 0.3) is 11.4 Å². The van der Waals surface area contributed by atoms with Gasteiger partial charge in [0.15, 0.2) is 11.5 Å². The number of morpholine rings is 1. The molecule has 2 aromatic heterocycles. The first-order valence-corrected chi connectivity index (χ1v) is 10.0. The lowest BCUT2D eigenvalue weighted by molar-refractivity contribution is -0.112. The minimum atomic E-state index is -0.161. The molecule has 4 heterocycles. The molecule has 0 aliphatic carbocycles. The number of benzene rings is 1. The Balaban J connectivity index is 1.55. The van der Waals surface area contributed by atoms with E-state index in [1.807, 2.05) is 36.4 Å². The molecule has 0 unspecified atom stereocenters. The van der Waals surface area contributed by atoms with Crippen LogP contribution in [0.15, 0.2) is 53.9 Å². The van der Waals surface area contributed by atoms with Crippen LogP contribution in [0.5, 0.6) is 0 Å². The van der Waals surface area contributed by atoms with Gasteiger partial charge < -0.3 is 4.74 Å². The number of pyridine rings is 1. The fourth-order valence-electron chi connectivity index (χ4n) is 3.61. The maximum Gasteiger partial charge on any atom is 0.280 e. The lowest BCUT2D eigenvalue weighted by Crippen LogP contribution is -2.46. The van der Waals surface area contributed by atoms with Gasteiger partial charge in [-0.1, -0.05) is 18.2 Å². The maximum absolute atomic E-state index is 13.4. The van der Waals surface area contributed by atoms with Crippen molar-refractivity contribution in [2.75, 3.05) is 37.9 Å².